The minimum atomic E-state index is -0.211. The van der Waals surface area contributed by atoms with Gasteiger partial charge in [-0.15, -0.1) is 0 Å². The minimum Gasteiger partial charge on any atom is -0.376 e. The molecule has 0 radical (unpaired) electrons. The van der Waals surface area contributed by atoms with Crippen LogP contribution in [0.5, 0.6) is 0 Å². The van der Waals surface area contributed by atoms with Crippen LogP contribution in [0.3, 0.4) is 0 Å². The van der Waals surface area contributed by atoms with Crippen LogP contribution in [0.15, 0.2) is 18.2 Å². The summed E-state index contributed by atoms with van der Waals surface area (Å²) < 4.78 is 18.9. The molecule has 1 aromatic carbocycles. The van der Waals surface area contributed by atoms with Crippen LogP contribution in [0, 0.1) is 12.7 Å². The first kappa shape index (κ1) is 13.9. The molecule has 0 unspecified atom stereocenters. The Kier molecular flexibility index (Phi) is 3.84. The topological polar surface area (TPSA) is 47.0 Å². The van der Waals surface area contributed by atoms with Crippen molar-refractivity contribution in [3.63, 3.8) is 0 Å². The highest BCUT2D eigenvalue weighted by molar-refractivity contribution is 5.61. The number of aromatic nitrogens is 2. The summed E-state index contributed by atoms with van der Waals surface area (Å²) in [5, 5.41) is 3.27. The number of nitrogens with one attached hydrogen (secondary N) is 1. The van der Waals surface area contributed by atoms with E-state index in [4.69, 9.17) is 4.74 Å². The molecule has 1 aromatic heterocycles. The van der Waals surface area contributed by atoms with Crippen LogP contribution in [0.4, 0.5) is 10.2 Å². The molecule has 0 spiro atoms. The highest BCUT2D eigenvalue weighted by Gasteiger charge is 2.18. The van der Waals surface area contributed by atoms with Gasteiger partial charge in [-0.05, 0) is 37.6 Å². The van der Waals surface area contributed by atoms with Crippen LogP contribution >= 0.6 is 0 Å². The lowest BCUT2D eigenvalue weighted by Gasteiger charge is -2.20. The number of nitrogens with zero attached hydrogens (tertiary/aromatic N) is 2. The summed E-state index contributed by atoms with van der Waals surface area (Å²) in [5.74, 6) is 1.24. The molecule has 5 heteroatoms. The van der Waals surface area contributed by atoms with Crippen molar-refractivity contribution in [3.05, 3.63) is 40.8 Å². The van der Waals surface area contributed by atoms with E-state index < -0.39 is 0 Å². The average Bonchev–Trinajstić information content (AvgIpc) is 2.50. The molecular weight excluding hydrogens is 269 g/mol. The number of halogens is 1. The molecular formula is C16H18FN3O. The molecule has 3 rings (SSSR count). The van der Waals surface area contributed by atoms with Crippen LogP contribution in [0.2, 0.25) is 0 Å². The normalized spacial score (nSPS) is 13.9. The zero-order chi connectivity index (χ0) is 14.8. The molecule has 21 heavy (non-hydrogen) atoms. The standard InChI is InChI=1S/C16H18FN3O/c1-3-18-16-12-9-21-7-6-14(12)19-15(20-16)11-4-5-13(17)10(2)8-11/h4-5,8H,3,6-7,9H2,1-2H3,(H,18,19,20). The van der Waals surface area contributed by atoms with Crippen LogP contribution in [-0.4, -0.2) is 23.1 Å². The highest BCUT2D eigenvalue weighted by Crippen LogP contribution is 2.26. The number of ether oxygens (including phenoxy) is 1. The van der Waals surface area contributed by atoms with Gasteiger partial charge in [0.15, 0.2) is 5.82 Å². The van der Waals surface area contributed by atoms with Crippen molar-refractivity contribution in [2.24, 2.45) is 0 Å². The highest BCUT2D eigenvalue weighted by atomic mass is 19.1. The van der Waals surface area contributed by atoms with E-state index in [1.165, 1.54) is 6.07 Å². The molecule has 0 aliphatic carbocycles. The summed E-state index contributed by atoms with van der Waals surface area (Å²) in [6.07, 6.45) is 0.781. The van der Waals surface area contributed by atoms with Crippen LogP contribution in [0.1, 0.15) is 23.7 Å². The quantitative estimate of drug-likeness (QED) is 0.942. The molecule has 4 nitrogen and oxygen atoms in total. The number of aryl methyl sites for hydroxylation is 1. The third-order valence-corrected chi connectivity index (χ3v) is 3.58. The van der Waals surface area contributed by atoms with Gasteiger partial charge in [0, 0.05) is 24.1 Å². The lowest BCUT2D eigenvalue weighted by Crippen LogP contribution is -2.17. The van der Waals surface area contributed by atoms with E-state index in [2.05, 4.69) is 15.3 Å². The molecule has 0 fully saturated rings. The van der Waals surface area contributed by atoms with Gasteiger partial charge >= 0.3 is 0 Å². The second kappa shape index (κ2) is 5.77. The Hall–Kier alpha value is -2.01. The SMILES string of the molecule is CCNc1nc(-c2ccc(F)c(C)c2)nc2c1COCC2. The van der Waals surface area contributed by atoms with Gasteiger partial charge in [-0.3, -0.25) is 0 Å². The van der Waals surface area contributed by atoms with Gasteiger partial charge in [0.1, 0.15) is 11.6 Å². The van der Waals surface area contributed by atoms with E-state index in [0.717, 1.165) is 35.6 Å². The van der Waals surface area contributed by atoms with Crippen molar-refractivity contribution in [2.75, 3.05) is 18.5 Å². The Morgan fingerprint density at radius 2 is 2.19 bits per heavy atom. The maximum Gasteiger partial charge on any atom is 0.161 e. The van der Waals surface area contributed by atoms with E-state index in [1.807, 2.05) is 6.92 Å². The summed E-state index contributed by atoms with van der Waals surface area (Å²) in [7, 11) is 0. The Morgan fingerprint density at radius 1 is 1.33 bits per heavy atom. The third-order valence-electron chi connectivity index (χ3n) is 3.58. The Balaban J connectivity index is 2.09. The van der Waals surface area contributed by atoms with Crippen molar-refractivity contribution in [2.45, 2.75) is 26.9 Å². The van der Waals surface area contributed by atoms with Crippen LogP contribution in [-0.2, 0) is 17.8 Å². The molecule has 0 bridgehead atoms. The molecule has 0 amide bonds. The number of anilines is 1. The zero-order valence-corrected chi connectivity index (χ0v) is 12.2. The van der Waals surface area contributed by atoms with Crippen LogP contribution in [0.25, 0.3) is 11.4 Å². The van der Waals surface area contributed by atoms with Gasteiger partial charge in [-0.1, -0.05) is 0 Å². The first-order valence-corrected chi connectivity index (χ1v) is 7.17. The fraction of sp³-hybridized carbons (Fsp3) is 0.375. The minimum absolute atomic E-state index is 0.211. The first-order valence-electron chi connectivity index (χ1n) is 7.17. The molecule has 0 saturated heterocycles. The second-order valence-corrected chi connectivity index (χ2v) is 5.12. The zero-order valence-electron chi connectivity index (χ0n) is 12.2. The number of rotatable bonds is 3. The maximum atomic E-state index is 13.4. The fourth-order valence-corrected chi connectivity index (χ4v) is 2.46. The molecule has 2 aromatic rings. The van der Waals surface area contributed by atoms with Crippen LogP contribution < -0.4 is 5.32 Å². The molecule has 1 aliphatic heterocycles. The maximum absolute atomic E-state index is 13.4. The molecule has 0 saturated carbocycles. The van der Waals surface area contributed by atoms with Gasteiger partial charge in [0.05, 0.1) is 18.9 Å². The summed E-state index contributed by atoms with van der Waals surface area (Å²) in [6.45, 7) is 5.78. The smallest absolute Gasteiger partial charge is 0.161 e. The van der Waals surface area contributed by atoms with Crippen molar-refractivity contribution < 1.29 is 9.13 Å². The monoisotopic (exact) mass is 287 g/mol. The lowest BCUT2D eigenvalue weighted by atomic mass is 10.1. The first-order chi connectivity index (χ1) is 10.2. The van der Waals surface area contributed by atoms with Crippen molar-refractivity contribution in [3.8, 4) is 11.4 Å². The summed E-state index contributed by atoms with van der Waals surface area (Å²) in [6, 6.07) is 4.97. The van der Waals surface area contributed by atoms with Gasteiger partial charge in [0.25, 0.3) is 0 Å². The van der Waals surface area contributed by atoms with Gasteiger partial charge in [-0.2, -0.15) is 0 Å². The average molecular weight is 287 g/mol. The van der Waals surface area contributed by atoms with E-state index in [9.17, 15) is 4.39 Å². The number of hydrogen-bond donors (Lipinski definition) is 1. The van der Waals surface area contributed by atoms with E-state index in [1.54, 1.807) is 19.1 Å². The Bertz CT molecular complexity index is 673. The van der Waals surface area contributed by atoms with Gasteiger partial charge < -0.3 is 10.1 Å². The molecule has 110 valence electrons. The third kappa shape index (κ3) is 2.74. The predicted octanol–water partition coefficient (Wildman–Crippen LogP) is 3.10. The second-order valence-electron chi connectivity index (χ2n) is 5.12. The number of hydrogen-bond acceptors (Lipinski definition) is 4. The van der Waals surface area contributed by atoms with E-state index in [0.29, 0.717) is 24.6 Å². The number of benzene rings is 1. The predicted molar refractivity (Wildman–Crippen MR) is 79.7 cm³/mol. The van der Waals surface area contributed by atoms with Gasteiger partial charge in [0.2, 0.25) is 0 Å². The number of fused-ring (bicyclic) bond motifs is 1. The molecule has 1 aliphatic rings. The Labute approximate surface area is 123 Å². The molecule has 0 atom stereocenters. The fourth-order valence-electron chi connectivity index (χ4n) is 2.46. The van der Waals surface area contributed by atoms with Crippen molar-refractivity contribution in [1.29, 1.82) is 0 Å². The lowest BCUT2D eigenvalue weighted by molar-refractivity contribution is 0.109. The summed E-state index contributed by atoms with van der Waals surface area (Å²) in [4.78, 5) is 9.24. The summed E-state index contributed by atoms with van der Waals surface area (Å²) in [5.41, 5.74) is 3.49. The van der Waals surface area contributed by atoms with E-state index in [-0.39, 0.29) is 5.82 Å². The van der Waals surface area contributed by atoms with Gasteiger partial charge in [-0.25, -0.2) is 14.4 Å². The summed E-state index contributed by atoms with van der Waals surface area (Å²) >= 11 is 0. The molecule has 1 N–H and O–H groups in total. The Morgan fingerprint density at radius 3 is 2.95 bits per heavy atom. The largest absolute Gasteiger partial charge is 0.376 e. The van der Waals surface area contributed by atoms with Crippen molar-refractivity contribution in [1.82, 2.24) is 9.97 Å². The molecule has 2 heterocycles. The van der Waals surface area contributed by atoms with E-state index >= 15 is 0 Å². The van der Waals surface area contributed by atoms with Crippen molar-refractivity contribution >= 4 is 5.82 Å².